The lowest BCUT2D eigenvalue weighted by Gasteiger charge is -2.44. The molecule has 0 radical (unpaired) electrons. The molecular formula is C53H39N5S. The number of benzene rings is 6. The number of hydrogen-bond acceptors (Lipinski definition) is 4. The molecule has 2 aliphatic carbocycles. The number of aromatic nitrogens is 5. The zero-order chi connectivity index (χ0) is 39.3. The molecule has 5 nitrogen and oxygen atoms in total. The third-order valence-corrected chi connectivity index (χ3v) is 15.1. The van der Waals surface area contributed by atoms with E-state index in [2.05, 4.69) is 182 Å². The van der Waals surface area contributed by atoms with Crippen molar-refractivity contribution in [2.45, 2.75) is 44.9 Å². The lowest BCUT2D eigenvalue weighted by Crippen LogP contribution is -2.37. The van der Waals surface area contributed by atoms with Gasteiger partial charge in [0.05, 0.1) is 32.4 Å². The van der Waals surface area contributed by atoms with Crippen LogP contribution in [0.15, 0.2) is 157 Å². The molecule has 13 rings (SSSR count). The number of allylic oxidation sites excluding steroid dienone is 4. The van der Waals surface area contributed by atoms with E-state index in [4.69, 9.17) is 15.0 Å². The molecular weight excluding hydrogens is 739 g/mol. The van der Waals surface area contributed by atoms with Crippen LogP contribution < -0.4 is 0 Å². The van der Waals surface area contributed by atoms with Crippen molar-refractivity contribution < 1.29 is 0 Å². The Morgan fingerprint density at radius 1 is 0.576 bits per heavy atom. The highest BCUT2D eigenvalue weighted by Crippen LogP contribution is 2.58. The van der Waals surface area contributed by atoms with Crippen LogP contribution in [-0.2, 0) is 5.41 Å². The number of hydrogen-bond donors (Lipinski definition) is 0. The zero-order valence-electron chi connectivity index (χ0n) is 33.2. The van der Waals surface area contributed by atoms with Crippen molar-refractivity contribution in [3.63, 3.8) is 0 Å². The lowest BCUT2D eigenvalue weighted by molar-refractivity contribution is 0.512. The molecule has 1 aliphatic heterocycles. The van der Waals surface area contributed by atoms with E-state index >= 15 is 0 Å². The van der Waals surface area contributed by atoms with Crippen molar-refractivity contribution in [2.24, 2.45) is 5.92 Å². The van der Waals surface area contributed by atoms with Gasteiger partial charge in [-0.05, 0) is 66.4 Å². The van der Waals surface area contributed by atoms with Crippen molar-refractivity contribution in [2.75, 3.05) is 0 Å². The summed E-state index contributed by atoms with van der Waals surface area (Å²) in [4.78, 5) is 16.2. The maximum absolute atomic E-state index is 5.51. The number of thiophene rings is 1. The normalized spacial score (nSPS) is 20.6. The van der Waals surface area contributed by atoms with E-state index < -0.39 is 5.41 Å². The Morgan fingerprint density at radius 2 is 1.24 bits per heavy atom. The summed E-state index contributed by atoms with van der Waals surface area (Å²) in [5, 5.41) is 6.34. The SMILES string of the molecule is CC1C=CC2(C)C3=C1C(C)c1c(n(c4ccc(-n5c6ccccc6c6ccccc65)cc14)-c1cccc4c1sc1c(cccc14)-c1nc(-c4ccccc4)nc2n1)C3C. The van der Waals surface area contributed by atoms with Gasteiger partial charge < -0.3 is 9.13 Å². The number of fused-ring (bicyclic) bond motifs is 12. The van der Waals surface area contributed by atoms with E-state index in [-0.39, 0.29) is 17.8 Å². The molecule has 0 spiro atoms. The van der Waals surface area contributed by atoms with Crippen molar-refractivity contribution in [1.29, 1.82) is 0 Å². The molecule has 4 atom stereocenters. The first-order valence-corrected chi connectivity index (χ1v) is 21.6. The highest BCUT2D eigenvalue weighted by molar-refractivity contribution is 7.26. The highest BCUT2D eigenvalue weighted by atomic mass is 32.1. The Hall–Kier alpha value is -6.63. The molecule has 59 heavy (non-hydrogen) atoms. The molecule has 0 fully saturated rings. The van der Waals surface area contributed by atoms with E-state index in [0.29, 0.717) is 5.82 Å². The van der Waals surface area contributed by atoms with E-state index in [1.165, 1.54) is 86.7 Å². The topological polar surface area (TPSA) is 48.5 Å². The van der Waals surface area contributed by atoms with Gasteiger partial charge in [-0.1, -0.05) is 129 Å². The predicted molar refractivity (Wildman–Crippen MR) is 244 cm³/mol. The maximum Gasteiger partial charge on any atom is 0.165 e. The number of nitrogens with zero attached hydrogens (tertiary/aromatic N) is 5. The van der Waals surface area contributed by atoms with E-state index in [0.717, 1.165) is 22.8 Å². The first kappa shape index (κ1) is 33.4. The smallest absolute Gasteiger partial charge is 0.165 e. The summed E-state index contributed by atoms with van der Waals surface area (Å²) in [7, 11) is 0. The van der Waals surface area contributed by atoms with Crippen LogP contribution in [0.5, 0.6) is 0 Å². The van der Waals surface area contributed by atoms with Crippen LogP contribution in [-0.4, -0.2) is 24.1 Å². The third kappa shape index (κ3) is 4.31. The fraction of sp³-hybridized carbons (Fsp3) is 0.151. The molecule has 282 valence electrons. The molecule has 6 bridgehead atoms. The van der Waals surface area contributed by atoms with Crippen LogP contribution in [0.4, 0.5) is 0 Å². The molecule has 3 aliphatic rings. The summed E-state index contributed by atoms with van der Waals surface area (Å²) in [5.74, 6) is 2.70. The molecule has 5 heterocycles. The summed E-state index contributed by atoms with van der Waals surface area (Å²) < 4.78 is 7.57. The minimum Gasteiger partial charge on any atom is -0.311 e. The molecule has 4 aromatic heterocycles. The van der Waals surface area contributed by atoms with Crippen LogP contribution in [0.25, 0.3) is 87.0 Å². The van der Waals surface area contributed by atoms with Crippen molar-refractivity contribution in [1.82, 2.24) is 24.1 Å². The summed E-state index contributed by atoms with van der Waals surface area (Å²) in [6, 6.07) is 48.8. The van der Waals surface area contributed by atoms with E-state index in [9.17, 15) is 0 Å². The second kappa shape index (κ2) is 11.7. The van der Waals surface area contributed by atoms with Crippen LogP contribution >= 0.6 is 11.3 Å². The average Bonchev–Trinajstić information content (AvgIpc) is 3.94. The van der Waals surface area contributed by atoms with Gasteiger partial charge in [0, 0.05) is 66.0 Å². The largest absolute Gasteiger partial charge is 0.311 e. The lowest BCUT2D eigenvalue weighted by atomic mass is 9.60. The molecule has 4 unspecified atom stereocenters. The molecule has 0 amide bonds. The number of rotatable bonds is 2. The minimum absolute atomic E-state index is 0.0656. The standard InChI is InChI=1S/C53H39N5S/c1-29-26-27-53(4)46-31(3)47-45(30(2)44(29)46)39-28-33(57-40-21-10-8-16-34(40)35-17-9-11-22-41(35)57)24-25-42(39)58(47)43-23-13-19-37-36-18-12-20-38(48(36)59-49(37)43)51-54-50(55-52(53)56-51)32-14-6-5-7-15-32/h5-31H,1-4H3. The monoisotopic (exact) mass is 777 g/mol. The molecule has 0 saturated heterocycles. The van der Waals surface area contributed by atoms with Gasteiger partial charge in [0.25, 0.3) is 0 Å². The summed E-state index contributed by atoms with van der Waals surface area (Å²) >= 11 is 1.86. The Labute approximate surface area is 345 Å². The van der Waals surface area contributed by atoms with Gasteiger partial charge >= 0.3 is 0 Å². The molecule has 6 aromatic carbocycles. The van der Waals surface area contributed by atoms with E-state index in [1.807, 2.05) is 11.3 Å². The fourth-order valence-electron chi connectivity index (χ4n) is 11.3. The molecule has 6 heteroatoms. The van der Waals surface area contributed by atoms with Gasteiger partial charge in [0.1, 0.15) is 5.82 Å². The second-order valence-corrected chi connectivity index (χ2v) is 18.0. The fourth-order valence-corrected chi connectivity index (χ4v) is 12.6. The zero-order valence-corrected chi connectivity index (χ0v) is 34.0. The minimum atomic E-state index is -0.572. The van der Waals surface area contributed by atoms with Gasteiger partial charge in [-0.15, -0.1) is 11.3 Å². The summed E-state index contributed by atoms with van der Waals surface area (Å²) in [5.41, 5.74) is 13.2. The van der Waals surface area contributed by atoms with Gasteiger partial charge in [-0.25, -0.2) is 15.0 Å². The van der Waals surface area contributed by atoms with Gasteiger partial charge in [0.2, 0.25) is 0 Å². The Balaban J connectivity index is 1.18. The first-order valence-electron chi connectivity index (χ1n) is 20.8. The van der Waals surface area contributed by atoms with Crippen LogP contribution in [0.3, 0.4) is 0 Å². The van der Waals surface area contributed by atoms with Gasteiger partial charge in [0.15, 0.2) is 11.6 Å². The van der Waals surface area contributed by atoms with Crippen LogP contribution in [0.2, 0.25) is 0 Å². The van der Waals surface area contributed by atoms with Gasteiger partial charge in [-0.3, -0.25) is 0 Å². The Morgan fingerprint density at radius 3 is 2.02 bits per heavy atom. The summed E-state index contributed by atoms with van der Waals surface area (Å²) in [6.07, 6.45) is 4.81. The van der Waals surface area contributed by atoms with Crippen molar-refractivity contribution >= 4 is 64.2 Å². The Kier molecular flexibility index (Phi) is 6.64. The van der Waals surface area contributed by atoms with Gasteiger partial charge in [-0.2, -0.15) is 0 Å². The highest BCUT2D eigenvalue weighted by Gasteiger charge is 2.47. The average molecular weight is 778 g/mol. The van der Waals surface area contributed by atoms with E-state index in [1.54, 1.807) is 0 Å². The second-order valence-electron chi connectivity index (χ2n) is 17.0. The molecule has 10 aromatic rings. The van der Waals surface area contributed by atoms with Crippen molar-refractivity contribution in [3.05, 3.63) is 174 Å². The molecule has 0 saturated carbocycles. The summed E-state index contributed by atoms with van der Waals surface area (Å²) in [6.45, 7) is 9.62. The quantitative estimate of drug-likeness (QED) is 0.164. The Bertz CT molecular complexity index is 3470. The van der Waals surface area contributed by atoms with Crippen molar-refractivity contribution in [3.8, 4) is 34.2 Å². The maximum atomic E-state index is 5.51. The number of para-hydroxylation sites is 2. The first-order chi connectivity index (χ1) is 28.9. The van der Waals surface area contributed by atoms with Crippen LogP contribution in [0, 0.1) is 5.92 Å². The molecule has 0 N–H and O–H groups in total. The predicted octanol–water partition coefficient (Wildman–Crippen LogP) is 13.6. The third-order valence-electron chi connectivity index (χ3n) is 13.8. The van der Waals surface area contributed by atoms with Crippen LogP contribution in [0.1, 0.15) is 56.6 Å².